The Kier molecular flexibility index (Phi) is 9.40. The normalized spacial score (nSPS) is 12.6. The van der Waals surface area contributed by atoms with E-state index in [0.29, 0.717) is 12.0 Å². The Morgan fingerprint density at radius 3 is 2.32 bits per heavy atom. The molecule has 0 heterocycles. The molecule has 0 aliphatic carbocycles. The summed E-state index contributed by atoms with van der Waals surface area (Å²) in [4.78, 5) is 28.6. The molecule has 0 spiro atoms. The number of hydrogen-bond acceptors (Lipinski definition) is 2. The van der Waals surface area contributed by atoms with Crippen LogP contribution in [0.5, 0.6) is 0 Å². The molecule has 0 saturated heterocycles. The van der Waals surface area contributed by atoms with Gasteiger partial charge in [0.1, 0.15) is 11.9 Å². The van der Waals surface area contributed by atoms with E-state index in [1.165, 1.54) is 6.07 Å². The summed E-state index contributed by atoms with van der Waals surface area (Å²) in [6.07, 6.45) is 1.02. The van der Waals surface area contributed by atoms with Crippen LogP contribution in [0.1, 0.15) is 37.0 Å². The van der Waals surface area contributed by atoms with Crippen LogP contribution in [-0.2, 0) is 29.0 Å². The lowest BCUT2D eigenvalue weighted by atomic mass is 10.0. The van der Waals surface area contributed by atoms with Gasteiger partial charge in [-0.15, -0.1) is 0 Å². The predicted molar refractivity (Wildman–Crippen MR) is 137 cm³/mol. The standard InChI is InChI=1S/C28H30BrFN2O2/c1-3-20(2)31-28(34)26(17-21-10-5-4-6-11-21)32(19-22-12-9-14-24(29)16-22)27(33)18-23-13-7-8-15-25(23)30/h4-16,20,26H,3,17-19H2,1-2H3,(H,31,34)/t20-,26-/m0/s1. The molecule has 0 aliphatic heterocycles. The summed E-state index contributed by atoms with van der Waals surface area (Å²) in [5, 5.41) is 3.04. The average Bonchev–Trinajstić information content (AvgIpc) is 2.83. The van der Waals surface area contributed by atoms with Crippen molar-refractivity contribution in [3.63, 3.8) is 0 Å². The average molecular weight is 525 g/mol. The van der Waals surface area contributed by atoms with Gasteiger partial charge in [-0.2, -0.15) is 0 Å². The molecule has 4 nitrogen and oxygen atoms in total. The van der Waals surface area contributed by atoms with Crippen LogP contribution in [0, 0.1) is 5.82 Å². The molecule has 6 heteroatoms. The number of carbonyl (C=O) groups excluding carboxylic acids is 2. The number of benzene rings is 3. The minimum Gasteiger partial charge on any atom is -0.352 e. The highest BCUT2D eigenvalue weighted by Gasteiger charge is 2.31. The summed E-state index contributed by atoms with van der Waals surface area (Å²) >= 11 is 3.48. The third-order valence-corrected chi connectivity index (χ3v) is 6.31. The van der Waals surface area contributed by atoms with E-state index in [1.54, 1.807) is 23.1 Å². The van der Waals surface area contributed by atoms with E-state index in [1.807, 2.05) is 68.4 Å². The first-order valence-corrected chi connectivity index (χ1v) is 12.3. The van der Waals surface area contributed by atoms with Gasteiger partial charge < -0.3 is 10.2 Å². The SMILES string of the molecule is CC[C@H](C)NC(=O)[C@H](Cc1ccccc1)N(Cc1cccc(Br)c1)C(=O)Cc1ccccc1F. The van der Waals surface area contributed by atoms with E-state index in [-0.39, 0.29) is 30.8 Å². The first-order valence-electron chi connectivity index (χ1n) is 11.5. The second-order valence-corrected chi connectivity index (χ2v) is 9.36. The minimum absolute atomic E-state index is 0.0276. The summed E-state index contributed by atoms with van der Waals surface area (Å²) < 4.78 is 15.2. The number of halogens is 2. The van der Waals surface area contributed by atoms with E-state index < -0.39 is 11.9 Å². The zero-order valence-electron chi connectivity index (χ0n) is 19.5. The van der Waals surface area contributed by atoms with Gasteiger partial charge in [-0.1, -0.05) is 83.5 Å². The highest BCUT2D eigenvalue weighted by atomic mass is 79.9. The van der Waals surface area contributed by atoms with Gasteiger partial charge >= 0.3 is 0 Å². The van der Waals surface area contributed by atoms with E-state index in [0.717, 1.165) is 22.0 Å². The van der Waals surface area contributed by atoms with Crippen molar-refractivity contribution in [3.05, 3.63) is 106 Å². The molecule has 0 fully saturated rings. The molecule has 0 bridgehead atoms. The summed E-state index contributed by atoms with van der Waals surface area (Å²) in [6, 6.07) is 22.8. The van der Waals surface area contributed by atoms with Crippen molar-refractivity contribution >= 4 is 27.7 Å². The van der Waals surface area contributed by atoms with Gasteiger partial charge in [0.15, 0.2) is 0 Å². The lowest BCUT2D eigenvalue weighted by Gasteiger charge is -2.32. The van der Waals surface area contributed by atoms with Crippen LogP contribution in [0.4, 0.5) is 4.39 Å². The van der Waals surface area contributed by atoms with Crippen molar-refractivity contribution < 1.29 is 14.0 Å². The number of rotatable bonds is 10. The van der Waals surface area contributed by atoms with Crippen LogP contribution < -0.4 is 5.32 Å². The van der Waals surface area contributed by atoms with Gasteiger partial charge in [0.25, 0.3) is 0 Å². The topological polar surface area (TPSA) is 49.4 Å². The molecule has 0 aromatic heterocycles. The van der Waals surface area contributed by atoms with Gasteiger partial charge in [0.05, 0.1) is 6.42 Å². The third-order valence-electron chi connectivity index (χ3n) is 5.81. The lowest BCUT2D eigenvalue weighted by Crippen LogP contribution is -2.52. The second-order valence-electron chi connectivity index (χ2n) is 8.44. The van der Waals surface area contributed by atoms with Crippen molar-refractivity contribution in [1.29, 1.82) is 0 Å². The van der Waals surface area contributed by atoms with E-state index >= 15 is 0 Å². The Bertz CT molecular complexity index is 1110. The molecular weight excluding hydrogens is 495 g/mol. The zero-order valence-corrected chi connectivity index (χ0v) is 21.1. The fourth-order valence-electron chi connectivity index (χ4n) is 3.73. The molecule has 34 heavy (non-hydrogen) atoms. The van der Waals surface area contributed by atoms with E-state index in [2.05, 4.69) is 21.2 Å². The maximum absolute atomic E-state index is 14.4. The Balaban J connectivity index is 1.98. The molecular formula is C28H30BrFN2O2. The van der Waals surface area contributed by atoms with Crippen molar-refractivity contribution in [3.8, 4) is 0 Å². The Morgan fingerprint density at radius 2 is 1.65 bits per heavy atom. The highest BCUT2D eigenvalue weighted by Crippen LogP contribution is 2.20. The van der Waals surface area contributed by atoms with Crippen LogP contribution in [-0.4, -0.2) is 28.8 Å². The number of carbonyl (C=O) groups is 2. The molecule has 0 radical (unpaired) electrons. The quantitative estimate of drug-likeness (QED) is 0.370. The minimum atomic E-state index is -0.741. The van der Waals surface area contributed by atoms with Crippen molar-refractivity contribution in [2.24, 2.45) is 0 Å². The molecule has 178 valence electrons. The lowest BCUT2D eigenvalue weighted by molar-refractivity contribution is -0.141. The van der Waals surface area contributed by atoms with Crippen molar-refractivity contribution in [2.75, 3.05) is 0 Å². The number of amides is 2. The zero-order chi connectivity index (χ0) is 24.5. The molecule has 1 N–H and O–H groups in total. The van der Waals surface area contributed by atoms with Crippen LogP contribution >= 0.6 is 15.9 Å². The third kappa shape index (κ3) is 7.26. The molecule has 3 aromatic rings. The molecule has 0 unspecified atom stereocenters. The predicted octanol–water partition coefficient (Wildman–Crippen LogP) is 5.69. The Labute approximate surface area is 209 Å². The summed E-state index contributed by atoms with van der Waals surface area (Å²) in [6.45, 7) is 4.18. The molecule has 0 aliphatic rings. The largest absolute Gasteiger partial charge is 0.352 e. The van der Waals surface area contributed by atoms with Gasteiger partial charge in [-0.3, -0.25) is 9.59 Å². The van der Waals surface area contributed by atoms with Gasteiger partial charge in [-0.05, 0) is 48.2 Å². The molecule has 2 atom stereocenters. The van der Waals surface area contributed by atoms with Crippen molar-refractivity contribution in [1.82, 2.24) is 10.2 Å². The fourth-order valence-corrected chi connectivity index (χ4v) is 4.18. The summed E-state index contributed by atoms with van der Waals surface area (Å²) in [7, 11) is 0. The first-order chi connectivity index (χ1) is 16.4. The maximum Gasteiger partial charge on any atom is 0.243 e. The highest BCUT2D eigenvalue weighted by molar-refractivity contribution is 9.10. The van der Waals surface area contributed by atoms with Crippen molar-refractivity contribution in [2.45, 2.75) is 51.7 Å². The first kappa shape index (κ1) is 25.6. The molecule has 3 rings (SSSR count). The number of nitrogens with one attached hydrogen (secondary N) is 1. The van der Waals surface area contributed by atoms with Gasteiger partial charge in [-0.25, -0.2) is 4.39 Å². The maximum atomic E-state index is 14.4. The van der Waals surface area contributed by atoms with Crippen LogP contribution in [0.2, 0.25) is 0 Å². The van der Waals surface area contributed by atoms with E-state index in [9.17, 15) is 14.0 Å². The Morgan fingerprint density at radius 1 is 0.971 bits per heavy atom. The van der Waals surface area contributed by atoms with Gasteiger partial charge in [0, 0.05) is 23.5 Å². The second kappa shape index (κ2) is 12.5. The van der Waals surface area contributed by atoms with Crippen LogP contribution in [0.25, 0.3) is 0 Å². The number of nitrogens with zero attached hydrogens (tertiary/aromatic N) is 1. The van der Waals surface area contributed by atoms with Crippen LogP contribution in [0.15, 0.2) is 83.3 Å². The summed E-state index contributed by atoms with van der Waals surface area (Å²) in [5.41, 5.74) is 2.14. The Hall–Kier alpha value is -2.99. The fraction of sp³-hybridized carbons (Fsp3) is 0.286. The van der Waals surface area contributed by atoms with Gasteiger partial charge in [0.2, 0.25) is 11.8 Å². The molecule has 3 aromatic carbocycles. The number of hydrogen-bond donors (Lipinski definition) is 1. The monoisotopic (exact) mass is 524 g/mol. The smallest absolute Gasteiger partial charge is 0.243 e. The van der Waals surface area contributed by atoms with E-state index in [4.69, 9.17) is 0 Å². The summed E-state index contributed by atoms with van der Waals surface area (Å²) in [5.74, 6) is -0.942. The molecule has 2 amide bonds. The molecule has 0 saturated carbocycles. The van der Waals surface area contributed by atoms with Crippen LogP contribution in [0.3, 0.4) is 0 Å².